The van der Waals surface area contributed by atoms with E-state index in [1.807, 2.05) is 41.9 Å². The molecule has 1 saturated carbocycles. The van der Waals surface area contributed by atoms with E-state index in [0.717, 1.165) is 72.9 Å². The van der Waals surface area contributed by atoms with Crippen LogP contribution in [0.2, 0.25) is 0 Å². The summed E-state index contributed by atoms with van der Waals surface area (Å²) in [5, 5.41) is 14.2. The van der Waals surface area contributed by atoms with Gasteiger partial charge in [0.1, 0.15) is 11.8 Å². The van der Waals surface area contributed by atoms with Gasteiger partial charge in [-0.2, -0.15) is 0 Å². The molecule has 2 fully saturated rings. The molecule has 40 heavy (non-hydrogen) atoms. The van der Waals surface area contributed by atoms with Gasteiger partial charge in [0.15, 0.2) is 5.82 Å². The fourth-order valence-electron chi connectivity index (χ4n) is 6.24. The summed E-state index contributed by atoms with van der Waals surface area (Å²) < 4.78 is 13.8. The number of nitrogens with one attached hydrogen (secondary N) is 1. The lowest BCUT2D eigenvalue weighted by molar-refractivity contribution is 0.0569. The SMILES string of the molecule is CCOc1ccc(CN(CC2CCCO2)C(c2cc3cc(C)ccc3[nH]c2=O)c2nnnn2C2CCCC2)cc1. The predicted octanol–water partition coefficient (Wildman–Crippen LogP) is 5.11. The number of aryl methyl sites for hydroxylation is 1. The maximum absolute atomic E-state index is 13.8. The molecule has 4 aromatic rings. The van der Waals surface area contributed by atoms with Gasteiger partial charge in [-0.15, -0.1) is 5.10 Å². The van der Waals surface area contributed by atoms with Crippen LogP contribution in [0.5, 0.6) is 5.75 Å². The first kappa shape index (κ1) is 26.7. The largest absolute Gasteiger partial charge is 0.494 e. The van der Waals surface area contributed by atoms with Crippen LogP contribution in [0.15, 0.2) is 53.3 Å². The zero-order valence-corrected chi connectivity index (χ0v) is 23.4. The molecule has 0 amide bonds. The van der Waals surface area contributed by atoms with Crippen molar-refractivity contribution >= 4 is 10.9 Å². The van der Waals surface area contributed by atoms with Crippen molar-refractivity contribution in [1.29, 1.82) is 0 Å². The van der Waals surface area contributed by atoms with Crippen molar-refractivity contribution in [3.63, 3.8) is 0 Å². The van der Waals surface area contributed by atoms with Crippen molar-refractivity contribution in [2.24, 2.45) is 0 Å². The lowest BCUT2D eigenvalue weighted by Crippen LogP contribution is -2.39. The molecular formula is C31H38N6O3. The lowest BCUT2D eigenvalue weighted by atomic mass is 10.0. The molecule has 210 valence electrons. The van der Waals surface area contributed by atoms with Crippen LogP contribution in [0.25, 0.3) is 10.9 Å². The number of aromatic nitrogens is 5. The summed E-state index contributed by atoms with van der Waals surface area (Å²) in [4.78, 5) is 19.3. The Kier molecular flexibility index (Phi) is 7.93. The first-order valence-electron chi connectivity index (χ1n) is 14.6. The lowest BCUT2D eigenvalue weighted by Gasteiger charge is -2.33. The molecular weight excluding hydrogens is 504 g/mol. The first-order valence-corrected chi connectivity index (χ1v) is 14.6. The molecule has 2 aliphatic rings. The number of H-pyrrole nitrogens is 1. The molecule has 0 spiro atoms. The maximum atomic E-state index is 13.8. The quantitative estimate of drug-likeness (QED) is 0.297. The van der Waals surface area contributed by atoms with Crippen molar-refractivity contribution in [3.8, 4) is 5.75 Å². The normalized spacial score (nSPS) is 18.6. The Hall–Kier alpha value is -3.56. The van der Waals surface area contributed by atoms with E-state index in [2.05, 4.69) is 50.5 Å². The number of hydrogen-bond acceptors (Lipinski definition) is 7. The van der Waals surface area contributed by atoms with E-state index in [9.17, 15) is 4.79 Å². The van der Waals surface area contributed by atoms with E-state index in [4.69, 9.17) is 9.47 Å². The van der Waals surface area contributed by atoms with Crippen molar-refractivity contribution in [1.82, 2.24) is 30.1 Å². The summed E-state index contributed by atoms with van der Waals surface area (Å²) in [6, 6.07) is 16.1. The molecule has 0 radical (unpaired) electrons. The Labute approximate surface area is 234 Å². The molecule has 6 rings (SSSR count). The van der Waals surface area contributed by atoms with E-state index in [0.29, 0.717) is 31.1 Å². The maximum Gasteiger partial charge on any atom is 0.253 e. The number of tetrazole rings is 1. The van der Waals surface area contributed by atoms with Crippen molar-refractivity contribution in [2.75, 3.05) is 19.8 Å². The van der Waals surface area contributed by atoms with Crippen LogP contribution in [-0.2, 0) is 11.3 Å². The molecule has 9 heteroatoms. The summed E-state index contributed by atoms with van der Waals surface area (Å²) in [6.45, 7) is 6.72. The summed E-state index contributed by atoms with van der Waals surface area (Å²) in [5.41, 5.74) is 3.62. The first-order chi connectivity index (χ1) is 19.6. The Balaban J connectivity index is 1.47. The second kappa shape index (κ2) is 11.9. The minimum Gasteiger partial charge on any atom is -0.494 e. The topological polar surface area (TPSA) is 98.2 Å². The van der Waals surface area contributed by atoms with E-state index in [1.165, 1.54) is 0 Å². The third-order valence-electron chi connectivity index (χ3n) is 8.20. The van der Waals surface area contributed by atoms with Crippen LogP contribution in [-0.4, -0.2) is 56.0 Å². The molecule has 2 unspecified atom stereocenters. The van der Waals surface area contributed by atoms with E-state index >= 15 is 0 Å². The fraction of sp³-hybridized carbons (Fsp3) is 0.484. The van der Waals surface area contributed by atoms with Crippen molar-refractivity contribution in [3.05, 3.63) is 81.4 Å². The van der Waals surface area contributed by atoms with Gasteiger partial charge in [0, 0.05) is 30.8 Å². The van der Waals surface area contributed by atoms with Gasteiger partial charge in [-0.1, -0.05) is 36.6 Å². The number of hydrogen-bond donors (Lipinski definition) is 1. The predicted molar refractivity (Wildman–Crippen MR) is 153 cm³/mol. The molecule has 2 aromatic heterocycles. The standard InChI is InChI=1S/C31H38N6O3/c1-3-39-25-13-11-22(12-14-25)19-36(20-26-9-6-16-40-26)29(30-33-34-35-37(30)24-7-4-5-8-24)27-18-23-17-21(2)10-15-28(23)32-31(27)38/h10-15,17-18,24,26,29H,3-9,16,19-20H2,1-2H3,(H,32,38). The number of nitrogens with zero attached hydrogens (tertiary/aromatic N) is 5. The molecule has 1 aliphatic carbocycles. The van der Waals surface area contributed by atoms with Crippen molar-refractivity contribution in [2.45, 2.75) is 77.1 Å². The number of fused-ring (bicyclic) bond motifs is 1. The molecule has 1 saturated heterocycles. The molecule has 3 heterocycles. The average Bonchev–Trinajstić information content (AvgIpc) is 3.74. The Bertz CT molecular complexity index is 1490. The molecule has 1 N–H and O–H groups in total. The van der Waals surface area contributed by atoms with Gasteiger partial charge in [0.25, 0.3) is 5.56 Å². The van der Waals surface area contributed by atoms with E-state index in [-0.39, 0.29) is 17.7 Å². The number of ether oxygens (including phenoxy) is 2. The van der Waals surface area contributed by atoms with Crippen LogP contribution in [0.1, 0.15) is 80.0 Å². The Morgan fingerprint density at radius 3 is 2.67 bits per heavy atom. The summed E-state index contributed by atoms with van der Waals surface area (Å²) in [7, 11) is 0. The van der Waals surface area contributed by atoms with Crippen LogP contribution in [0.3, 0.4) is 0 Å². The van der Waals surface area contributed by atoms with Gasteiger partial charge in [0.05, 0.1) is 18.8 Å². The summed E-state index contributed by atoms with van der Waals surface area (Å²) >= 11 is 0. The van der Waals surface area contributed by atoms with Crippen molar-refractivity contribution < 1.29 is 9.47 Å². The smallest absolute Gasteiger partial charge is 0.253 e. The highest BCUT2D eigenvalue weighted by molar-refractivity contribution is 5.79. The number of rotatable bonds is 10. The molecule has 2 aromatic carbocycles. The minimum absolute atomic E-state index is 0.0859. The highest BCUT2D eigenvalue weighted by Gasteiger charge is 2.35. The van der Waals surface area contributed by atoms with Crippen LogP contribution >= 0.6 is 0 Å². The number of pyridine rings is 1. The zero-order chi connectivity index (χ0) is 27.5. The molecule has 2 atom stereocenters. The van der Waals surface area contributed by atoms with Gasteiger partial charge >= 0.3 is 0 Å². The average molecular weight is 543 g/mol. The van der Waals surface area contributed by atoms with Crippen LogP contribution < -0.4 is 10.3 Å². The highest BCUT2D eigenvalue weighted by Crippen LogP contribution is 2.35. The molecule has 9 nitrogen and oxygen atoms in total. The third-order valence-corrected chi connectivity index (χ3v) is 8.20. The molecule has 0 bridgehead atoms. The van der Waals surface area contributed by atoms with Gasteiger partial charge in [0.2, 0.25) is 0 Å². The number of benzene rings is 2. The molecule has 1 aliphatic heterocycles. The zero-order valence-electron chi connectivity index (χ0n) is 23.4. The number of aromatic amines is 1. The van der Waals surface area contributed by atoms with Gasteiger partial charge in [-0.3, -0.25) is 9.69 Å². The van der Waals surface area contributed by atoms with E-state index < -0.39 is 6.04 Å². The van der Waals surface area contributed by atoms with E-state index in [1.54, 1.807) is 0 Å². The minimum atomic E-state index is -0.444. The Morgan fingerprint density at radius 1 is 1.10 bits per heavy atom. The Morgan fingerprint density at radius 2 is 1.93 bits per heavy atom. The highest BCUT2D eigenvalue weighted by atomic mass is 16.5. The summed E-state index contributed by atoms with van der Waals surface area (Å²) in [5.74, 6) is 1.56. The van der Waals surface area contributed by atoms with Crippen LogP contribution in [0, 0.1) is 6.92 Å². The second-order valence-corrected chi connectivity index (χ2v) is 11.1. The monoisotopic (exact) mass is 542 g/mol. The van der Waals surface area contributed by atoms with Gasteiger partial charge in [-0.05, 0) is 91.2 Å². The third kappa shape index (κ3) is 5.67. The summed E-state index contributed by atoms with van der Waals surface area (Å²) in [6.07, 6.45) is 6.54. The fourth-order valence-corrected chi connectivity index (χ4v) is 6.24. The van der Waals surface area contributed by atoms with Gasteiger partial charge in [-0.25, -0.2) is 4.68 Å². The van der Waals surface area contributed by atoms with Crippen LogP contribution in [0.4, 0.5) is 0 Å². The van der Waals surface area contributed by atoms with Gasteiger partial charge < -0.3 is 14.5 Å². The second-order valence-electron chi connectivity index (χ2n) is 11.1.